The molecule has 0 heterocycles. The molecule has 0 spiro atoms. The molecule has 0 aliphatic heterocycles. The van der Waals surface area contributed by atoms with Crippen LogP contribution in [0.4, 0.5) is 17.1 Å². The highest BCUT2D eigenvalue weighted by Gasteiger charge is 2.13. The molecular formula is C37H33N. The van der Waals surface area contributed by atoms with Gasteiger partial charge in [-0.1, -0.05) is 116 Å². The van der Waals surface area contributed by atoms with Crippen molar-refractivity contribution in [1.82, 2.24) is 0 Å². The highest BCUT2D eigenvalue weighted by molar-refractivity contribution is 5.76. The van der Waals surface area contributed by atoms with Crippen LogP contribution in [0.2, 0.25) is 0 Å². The summed E-state index contributed by atoms with van der Waals surface area (Å²) in [4.78, 5) is 2.32. The molecule has 1 nitrogen and oxygen atoms in total. The number of nitrogens with zero attached hydrogens (tertiary/aromatic N) is 1. The molecule has 5 aromatic rings. The Kier molecular flexibility index (Phi) is 7.66. The van der Waals surface area contributed by atoms with Crippen LogP contribution in [0.25, 0.3) is 12.2 Å². The molecule has 0 aliphatic rings. The van der Waals surface area contributed by atoms with Crippen molar-refractivity contribution < 1.29 is 0 Å². The van der Waals surface area contributed by atoms with Crippen molar-refractivity contribution in [2.24, 2.45) is 0 Å². The van der Waals surface area contributed by atoms with Gasteiger partial charge in [0.2, 0.25) is 0 Å². The molecule has 5 rings (SSSR count). The number of benzene rings is 5. The molecule has 0 saturated heterocycles. The Hall–Kier alpha value is -4.62. The van der Waals surface area contributed by atoms with E-state index in [1.807, 2.05) is 12.2 Å². The van der Waals surface area contributed by atoms with Gasteiger partial charge in [-0.25, -0.2) is 0 Å². The maximum Gasteiger partial charge on any atom is 0.0461 e. The van der Waals surface area contributed by atoms with Gasteiger partial charge in [-0.05, 0) is 89.5 Å². The van der Waals surface area contributed by atoms with Crippen molar-refractivity contribution in [3.8, 4) is 0 Å². The van der Waals surface area contributed by atoms with Gasteiger partial charge < -0.3 is 4.90 Å². The van der Waals surface area contributed by atoms with Crippen molar-refractivity contribution in [1.29, 1.82) is 0 Å². The molecule has 38 heavy (non-hydrogen) atoms. The second kappa shape index (κ2) is 11.6. The quantitative estimate of drug-likeness (QED) is 0.198. The van der Waals surface area contributed by atoms with Crippen LogP contribution in [0.3, 0.4) is 0 Å². The second-order valence-corrected chi connectivity index (χ2v) is 9.75. The van der Waals surface area contributed by atoms with Crippen LogP contribution in [0.15, 0.2) is 134 Å². The molecule has 0 aliphatic carbocycles. The number of rotatable bonds is 9. The van der Waals surface area contributed by atoms with Gasteiger partial charge in [0.1, 0.15) is 0 Å². The van der Waals surface area contributed by atoms with Gasteiger partial charge in [0.05, 0.1) is 0 Å². The number of hydrogen-bond donors (Lipinski definition) is 0. The van der Waals surface area contributed by atoms with Crippen molar-refractivity contribution in [3.05, 3.63) is 173 Å². The molecule has 0 radical (unpaired) electrons. The fourth-order valence-corrected chi connectivity index (χ4v) is 4.68. The van der Waals surface area contributed by atoms with E-state index in [0.717, 1.165) is 41.0 Å². The van der Waals surface area contributed by atoms with Crippen molar-refractivity contribution in [2.45, 2.75) is 19.8 Å². The van der Waals surface area contributed by atoms with E-state index < -0.39 is 0 Å². The largest absolute Gasteiger partial charge is 0.311 e. The number of anilines is 3. The predicted octanol–water partition coefficient (Wildman–Crippen LogP) is 9.93. The molecule has 0 aromatic heterocycles. The van der Waals surface area contributed by atoms with E-state index in [2.05, 4.69) is 146 Å². The summed E-state index contributed by atoms with van der Waals surface area (Å²) >= 11 is 0. The molecule has 0 saturated carbocycles. The van der Waals surface area contributed by atoms with Crippen LogP contribution >= 0.6 is 0 Å². The van der Waals surface area contributed by atoms with Gasteiger partial charge in [0.25, 0.3) is 0 Å². The summed E-state index contributed by atoms with van der Waals surface area (Å²) in [7, 11) is 0. The van der Waals surface area contributed by atoms with Crippen LogP contribution in [0, 0.1) is 6.92 Å². The van der Waals surface area contributed by atoms with Gasteiger partial charge in [-0.2, -0.15) is 0 Å². The van der Waals surface area contributed by atoms with Crippen molar-refractivity contribution in [3.63, 3.8) is 0 Å². The minimum absolute atomic E-state index is 0.907. The zero-order valence-corrected chi connectivity index (χ0v) is 22.0. The molecule has 0 unspecified atom stereocenters. The molecule has 0 N–H and O–H groups in total. The fourth-order valence-electron chi connectivity index (χ4n) is 4.68. The first-order valence-corrected chi connectivity index (χ1v) is 13.1. The van der Waals surface area contributed by atoms with E-state index >= 15 is 0 Å². The zero-order valence-electron chi connectivity index (χ0n) is 22.0. The first-order valence-electron chi connectivity index (χ1n) is 13.1. The average Bonchev–Trinajstić information content (AvgIpc) is 2.97. The first kappa shape index (κ1) is 25.0. The third-order valence-electron chi connectivity index (χ3n) is 6.93. The lowest BCUT2D eigenvalue weighted by atomic mass is 10.0. The molecule has 5 aromatic carbocycles. The second-order valence-electron chi connectivity index (χ2n) is 9.75. The van der Waals surface area contributed by atoms with E-state index in [0.29, 0.717) is 0 Å². The molecule has 0 atom stereocenters. The standard InChI is InChI=1S/C37H33N/c1-4-29-8-12-31(13-9-29)26-33-16-22-36(23-17-33)38(35-20-6-28(3)7-21-35)37-24-18-34(19-25-37)27-32-14-10-30(5-2)11-15-32/h4-25H,1-2,26-27H2,3H3. The summed E-state index contributed by atoms with van der Waals surface area (Å²) in [5.74, 6) is 0. The zero-order chi connectivity index (χ0) is 26.3. The summed E-state index contributed by atoms with van der Waals surface area (Å²) < 4.78 is 0. The van der Waals surface area contributed by atoms with E-state index in [1.165, 1.54) is 27.8 Å². The Morgan fingerprint density at radius 1 is 0.447 bits per heavy atom. The molecule has 0 fully saturated rings. The summed E-state index contributed by atoms with van der Waals surface area (Å²) in [6.07, 6.45) is 5.58. The minimum atomic E-state index is 0.907. The van der Waals surface area contributed by atoms with E-state index in [1.54, 1.807) is 0 Å². The summed E-state index contributed by atoms with van der Waals surface area (Å²) in [5.41, 5.74) is 12.2. The Labute approximate surface area is 227 Å². The topological polar surface area (TPSA) is 3.24 Å². The Morgan fingerprint density at radius 3 is 1.05 bits per heavy atom. The van der Waals surface area contributed by atoms with E-state index in [9.17, 15) is 0 Å². The first-order chi connectivity index (χ1) is 18.6. The van der Waals surface area contributed by atoms with Crippen LogP contribution < -0.4 is 4.90 Å². The van der Waals surface area contributed by atoms with Gasteiger partial charge in [0, 0.05) is 17.1 Å². The van der Waals surface area contributed by atoms with Gasteiger partial charge in [-0.15, -0.1) is 0 Å². The number of aryl methyl sites for hydroxylation is 1. The van der Waals surface area contributed by atoms with Crippen LogP contribution in [0.5, 0.6) is 0 Å². The molecule has 186 valence electrons. The molecular weight excluding hydrogens is 458 g/mol. The summed E-state index contributed by atoms with van der Waals surface area (Å²) in [5, 5.41) is 0. The summed E-state index contributed by atoms with van der Waals surface area (Å²) in [6, 6.07) is 43.8. The Balaban J connectivity index is 1.39. The normalized spacial score (nSPS) is 10.7. The lowest BCUT2D eigenvalue weighted by Crippen LogP contribution is -2.10. The smallest absolute Gasteiger partial charge is 0.0461 e. The van der Waals surface area contributed by atoms with Crippen LogP contribution in [-0.2, 0) is 12.8 Å². The van der Waals surface area contributed by atoms with Crippen LogP contribution in [0.1, 0.15) is 38.9 Å². The van der Waals surface area contributed by atoms with Gasteiger partial charge >= 0.3 is 0 Å². The van der Waals surface area contributed by atoms with E-state index in [-0.39, 0.29) is 0 Å². The van der Waals surface area contributed by atoms with Crippen molar-refractivity contribution >= 4 is 29.2 Å². The lowest BCUT2D eigenvalue weighted by Gasteiger charge is -2.26. The van der Waals surface area contributed by atoms with Gasteiger partial charge in [-0.3, -0.25) is 0 Å². The maximum absolute atomic E-state index is 3.85. The Morgan fingerprint density at radius 2 is 0.737 bits per heavy atom. The van der Waals surface area contributed by atoms with Gasteiger partial charge in [0.15, 0.2) is 0 Å². The third-order valence-corrected chi connectivity index (χ3v) is 6.93. The lowest BCUT2D eigenvalue weighted by molar-refractivity contribution is 1.17. The third kappa shape index (κ3) is 6.02. The minimum Gasteiger partial charge on any atom is -0.311 e. The fraction of sp³-hybridized carbons (Fsp3) is 0.0811. The molecule has 0 amide bonds. The molecule has 1 heteroatoms. The highest BCUT2D eigenvalue weighted by Crippen LogP contribution is 2.35. The highest BCUT2D eigenvalue weighted by atomic mass is 15.1. The van der Waals surface area contributed by atoms with E-state index in [4.69, 9.17) is 0 Å². The summed E-state index contributed by atoms with van der Waals surface area (Å²) in [6.45, 7) is 9.82. The maximum atomic E-state index is 3.85. The van der Waals surface area contributed by atoms with Crippen molar-refractivity contribution in [2.75, 3.05) is 4.90 Å². The van der Waals surface area contributed by atoms with Crippen LogP contribution in [-0.4, -0.2) is 0 Å². The Bertz CT molecular complexity index is 1390. The molecule has 0 bridgehead atoms. The number of hydrogen-bond acceptors (Lipinski definition) is 1. The monoisotopic (exact) mass is 491 g/mol. The predicted molar refractivity (Wildman–Crippen MR) is 165 cm³/mol. The average molecular weight is 492 g/mol. The SMILES string of the molecule is C=Cc1ccc(Cc2ccc(N(c3ccc(C)cc3)c3ccc(Cc4ccc(C=C)cc4)cc3)cc2)cc1.